The molecule has 1 saturated heterocycles. The highest BCUT2D eigenvalue weighted by Crippen LogP contribution is 2.29. The highest BCUT2D eigenvalue weighted by Gasteiger charge is 2.30. The minimum absolute atomic E-state index is 0. The lowest BCUT2D eigenvalue weighted by Gasteiger charge is -2.15. The summed E-state index contributed by atoms with van der Waals surface area (Å²) < 4.78 is 37.2. The highest BCUT2D eigenvalue weighted by atomic mass is 35.5. The van der Waals surface area contributed by atoms with Crippen LogP contribution in [0, 0.1) is 0 Å². The van der Waals surface area contributed by atoms with E-state index in [0.29, 0.717) is 25.9 Å². The van der Waals surface area contributed by atoms with Gasteiger partial charge in [-0.1, -0.05) is 12.1 Å². The standard InChI is InChI=1S/C14H17F3N2O.ClH/c15-14(16,17)11-4-1-10(2-5-11)3-6-13(20)19-8-7-12(18)9-19;/h1-2,4-5,12H,3,6-9,18H2;1H/t12-;/m0./s1. The zero-order chi connectivity index (χ0) is 14.8. The number of aryl methyl sites for hydroxylation is 1. The highest BCUT2D eigenvalue weighted by molar-refractivity contribution is 5.85. The Hall–Kier alpha value is -1.27. The lowest BCUT2D eigenvalue weighted by Crippen LogP contribution is -2.31. The summed E-state index contributed by atoms with van der Waals surface area (Å²) in [5.41, 5.74) is 5.79. The maximum absolute atomic E-state index is 12.4. The van der Waals surface area contributed by atoms with Gasteiger partial charge < -0.3 is 10.6 Å². The van der Waals surface area contributed by atoms with E-state index in [9.17, 15) is 18.0 Å². The molecule has 118 valence electrons. The summed E-state index contributed by atoms with van der Waals surface area (Å²) in [4.78, 5) is 13.6. The van der Waals surface area contributed by atoms with Crippen LogP contribution in [0.4, 0.5) is 13.2 Å². The number of carbonyl (C=O) groups is 1. The molecule has 1 amide bonds. The fourth-order valence-electron chi connectivity index (χ4n) is 2.28. The van der Waals surface area contributed by atoms with Crippen LogP contribution in [0.1, 0.15) is 24.0 Å². The summed E-state index contributed by atoms with van der Waals surface area (Å²) >= 11 is 0. The van der Waals surface area contributed by atoms with E-state index in [0.717, 1.165) is 24.1 Å². The molecule has 7 heteroatoms. The molecule has 0 unspecified atom stereocenters. The van der Waals surface area contributed by atoms with E-state index in [2.05, 4.69) is 0 Å². The number of hydrogen-bond donors (Lipinski definition) is 1. The molecule has 1 aliphatic rings. The second-order valence-electron chi connectivity index (χ2n) is 5.08. The van der Waals surface area contributed by atoms with Crippen molar-refractivity contribution in [3.63, 3.8) is 0 Å². The number of nitrogens with zero attached hydrogens (tertiary/aromatic N) is 1. The summed E-state index contributed by atoms with van der Waals surface area (Å²) in [7, 11) is 0. The molecule has 1 aromatic carbocycles. The van der Waals surface area contributed by atoms with Crippen LogP contribution in [-0.4, -0.2) is 29.9 Å². The Morgan fingerprint density at radius 3 is 2.38 bits per heavy atom. The minimum Gasteiger partial charge on any atom is -0.341 e. The number of likely N-dealkylation sites (tertiary alicyclic amines) is 1. The molecule has 2 N–H and O–H groups in total. The fourth-order valence-corrected chi connectivity index (χ4v) is 2.28. The van der Waals surface area contributed by atoms with E-state index in [-0.39, 0.29) is 24.4 Å². The van der Waals surface area contributed by atoms with Crippen LogP contribution in [0.5, 0.6) is 0 Å². The molecule has 1 heterocycles. The fraction of sp³-hybridized carbons (Fsp3) is 0.500. The zero-order valence-electron chi connectivity index (χ0n) is 11.4. The quantitative estimate of drug-likeness (QED) is 0.930. The molecular weight excluding hydrogens is 305 g/mol. The molecule has 0 aliphatic carbocycles. The van der Waals surface area contributed by atoms with Crippen molar-refractivity contribution >= 4 is 18.3 Å². The van der Waals surface area contributed by atoms with Crippen molar-refractivity contribution in [1.29, 1.82) is 0 Å². The van der Waals surface area contributed by atoms with Crippen LogP contribution in [0.3, 0.4) is 0 Å². The Kier molecular flexibility index (Phi) is 6.04. The van der Waals surface area contributed by atoms with E-state index in [1.165, 1.54) is 12.1 Å². The van der Waals surface area contributed by atoms with Gasteiger partial charge in [-0.2, -0.15) is 13.2 Å². The predicted molar refractivity (Wildman–Crippen MR) is 76.2 cm³/mol. The van der Waals surface area contributed by atoms with E-state index < -0.39 is 11.7 Å². The zero-order valence-corrected chi connectivity index (χ0v) is 12.2. The van der Waals surface area contributed by atoms with Gasteiger partial charge in [-0.05, 0) is 30.5 Å². The second-order valence-corrected chi connectivity index (χ2v) is 5.08. The molecule has 1 aliphatic heterocycles. The van der Waals surface area contributed by atoms with Gasteiger partial charge in [0.05, 0.1) is 5.56 Å². The molecule has 3 nitrogen and oxygen atoms in total. The first-order valence-corrected chi connectivity index (χ1v) is 6.56. The van der Waals surface area contributed by atoms with Gasteiger partial charge in [0, 0.05) is 25.6 Å². The molecule has 0 saturated carbocycles. The Morgan fingerprint density at radius 1 is 1.29 bits per heavy atom. The largest absolute Gasteiger partial charge is 0.416 e. The van der Waals surface area contributed by atoms with E-state index in [4.69, 9.17) is 5.73 Å². The summed E-state index contributed by atoms with van der Waals surface area (Å²) in [5.74, 6) is 0.0119. The number of alkyl halides is 3. The van der Waals surface area contributed by atoms with Crippen molar-refractivity contribution in [2.24, 2.45) is 5.73 Å². The first kappa shape index (κ1) is 17.8. The lowest BCUT2D eigenvalue weighted by atomic mass is 10.1. The molecule has 1 aromatic rings. The Morgan fingerprint density at radius 2 is 1.90 bits per heavy atom. The van der Waals surface area contributed by atoms with Gasteiger partial charge in [-0.15, -0.1) is 12.4 Å². The molecule has 0 radical (unpaired) electrons. The molecule has 2 rings (SSSR count). The van der Waals surface area contributed by atoms with Gasteiger partial charge in [0.25, 0.3) is 0 Å². The van der Waals surface area contributed by atoms with Crippen molar-refractivity contribution in [1.82, 2.24) is 4.90 Å². The summed E-state index contributed by atoms with van der Waals surface area (Å²) in [6.07, 6.45) is -2.76. The summed E-state index contributed by atoms with van der Waals surface area (Å²) in [5, 5.41) is 0. The topological polar surface area (TPSA) is 46.3 Å². The van der Waals surface area contributed by atoms with E-state index in [1.807, 2.05) is 0 Å². The first-order chi connectivity index (χ1) is 9.36. The molecule has 0 bridgehead atoms. The number of carbonyl (C=O) groups excluding carboxylic acids is 1. The molecule has 0 spiro atoms. The first-order valence-electron chi connectivity index (χ1n) is 6.56. The van der Waals surface area contributed by atoms with Crippen molar-refractivity contribution in [2.75, 3.05) is 13.1 Å². The van der Waals surface area contributed by atoms with Crippen molar-refractivity contribution in [3.8, 4) is 0 Å². The van der Waals surface area contributed by atoms with Crippen LogP contribution in [0.15, 0.2) is 24.3 Å². The maximum Gasteiger partial charge on any atom is 0.416 e. The van der Waals surface area contributed by atoms with Gasteiger partial charge in [0.15, 0.2) is 0 Å². The number of amides is 1. The van der Waals surface area contributed by atoms with Crippen molar-refractivity contribution in [2.45, 2.75) is 31.5 Å². The van der Waals surface area contributed by atoms with Gasteiger partial charge in [-0.3, -0.25) is 4.79 Å². The van der Waals surface area contributed by atoms with Crippen LogP contribution < -0.4 is 5.73 Å². The minimum atomic E-state index is -4.32. The SMILES string of the molecule is Cl.N[C@H]1CCN(C(=O)CCc2ccc(C(F)(F)F)cc2)C1. The predicted octanol–water partition coefficient (Wildman–Crippen LogP) is 2.62. The van der Waals surface area contributed by atoms with Crippen LogP contribution >= 0.6 is 12.4 Å². The number of benzene rings is 1. The normalized spacial score (nSPS) is 18.5. The number of hydrogen-bond acceptors (Lipinski definition) is 2. The third-order valence-electron chi connectivity index (χ3n) is 3.49. The average molecular weight is 323 g/mol. The van der Waals surface area contributed by atoms with E-state index in [1.54, 1.807) is 4.90 Å². The smallest absolute Gasteiger partial charge is 0.341 e. The Bertz CT molecular complexity index is 476. The van der Waals surface area contributed by atoms with Gasteiger partial charge in [-0.25, -0.2) is 0 Å². The molecular formula is C14H18ClF3N2O. The average Bonchev–Trinajstić information content (AvgIpc) is 2.82. The van der Waals surface area contributed by atoms with Gasteiger partial charge in [0.1, 0.15) is 0 Å². The van der Waals surface area contributed by atoms with Gasteiger partial charge in [0.2, 0.25) is 5.91 Å². The Labute approximate surface area is 127 Å². The third kappa shape index (κ3) is 4.89. The molecule has 0 aromatic heterocycles. The summed E-state index contributed by atoms with van der Waals surface area (Å²) in [6.45, 7) is 1.25. The van der Waals surface area contributed by atoms with Crippen LogP contribution in [0.2, 0.25) is 0 Å². The third-order valence-corrected chi connectivity index (χ3v) is 3.49. The number of nitrogens with two attached hydrogens (primary N) is 1. The molecule has 1 fully saturated rings. The summed E-state index contributed by atoms with van der Waals surface area (Å²) in [6, 6.07) is 4.99. The number of rotatable bonds is 3. The number of halogens is 4. The Balaban J connectivity index is 0.00000220. The maximum atomic E-state index is 12.4. The van der Waals surface area contributed by atoms with Crippen molar-refractivity contribution < 1.29 is 18.0 Å². The monoisotopic (exact) mass is 322 g/mol. The second kappa shape index (κ2) is 7.13. The van der Waals surface area contributed by atoms with Crippen LogP contribution in [0.25, 0.3) is 0 Å². The van der Waals surface area contributed by atoms with Crippen molar-refractivity contribution in [3.05, 3.63) is 35.4 Å². The van der Waals surface area contributed by atoms with E-state index >= 15 is 0 Å². The molecule has 21 heavy (non-hydrogen) atoms. The van der Waals surface area contributed by atoms with Crippen LogP contribution in [-0.2, 0) is 17.4 Å². The lowest BCUT2D eigenvalue weighted by molar-refractivity contribution is -0.137. The molecule has 1 atom stereocenters. The van der Waals surface area contributed by atoms with Gasteiger partial charge >= 0.3 is 6.18 Å².